The summed E-state index contributed by atoms with van der Waals surface area (Å²) in [5.74, 6) is -0.555. The Hall–Kier alpha value is -1.39. The van der Waals surface area contributed by atoms with Crippen LogP contribution >= 0.6 is 22.6 Å². The van der Waals surface area contributed by atoms with Crippen LogP contribution in [0.4, 0.5) is 0 Å². The van der Waals surface area contributed by atoms with E-state index < -0.39 is 0 Å². The first-order valence-electron chi connectivity index (χ1n) is 19.2. The van der Waals surface area contributed by atoms with Gasteiger partial charge in [0.2, 0.25) is 0 Å². The summed E-state index contributed by atoms with van der Waals surface area (Å²) in [7, 11) is 0. The van der Waals surface area contributed by atoms with Gasteiger partial charge in [-0.3, -0.25) is 14.5 Å². The fourth-order valence-electron chi connectivity index (χ4n) is 4.77. The Morgan fingerprint density at radius 3 is 0.907 bits per heavy atom. The average molecular weight is 886 g/mol. The Balaban J connectivity index is 1.15. The summed E-state index contributed by atoms with van der Waals surface area (Å²) >= 11 is 2.42. The number of carbonyl (C=O) groups is 2. The molecule has 15 nitrogen and oxygen atoms in total. The molecule has 16 heteroatoms. The third-order valence-electron chi connectivity index (χ3n) is 7.60. The van der Waals surface area contributed by atoms with Crippen molar-refractivity contribution in [3.8, 4) is 0 Å². The molecule has 0 bridgehead atoms. The number of fused-ring (bicyclic) bond motifs is 1. The van der Waals surface area contributed by atoms with Crippen molar-refractivity contribution in [1.82, 2.24) is 4.90 Å². The van der Waals surface area contributed by atoms with Crippen LogP contribution in [0.15, 0.2) is 24.3 Å². The van der Waals surface area contributed by atoms with Gasteiger partial charge in [0.05, 0.1) is 170 Å². The first-order valence-corrected chi connectivity index (χ1v) is 20.7. The van der Waals surface area contributed by atoms with Crippen LogP contribution in [-0.2, 0) is 56.8 Å². The molecule has 0 saturated carbocycles. The maximum Gasteiger partial charge on any atom is 0.261 e. The topological polar surface area (TPSA) is 148 Å². The van der Waals surface area contributed by atoms with Crippen LogP contribution in [0.1, 0.15) is 46.4 Å². The zero-order chi connectivity index (χ0) is 38.4. The van der Waals surface area contributed by atoms with Gasteiger partial charge in [-0.15, -0.1) is 0 Å². The van der Waals surface area contributed by atoms with Gasteiger partial charge in [0.15, 0.2) is 0 Å². The van der Waals surface area contributed by atoms with Crippen molar-refractivity contribution in [1.29, 1.82) is 0 Å². The third-order valence-corrected chi connectivity index (χ3v) is 8.36. The Morgan fingerprint density at radius 1 is 0.352 bits per heavy atom. The molecule has 0 atom stereocenters. The highest BCUT2D eigenvalue weighted by molar-refractivity contribution is 14.1. The van der Waals surface area contributed by atoms with E-state index in [-0.39, 0.29) is 25.0 Å². The molecule has 0 radical (unpaired) electrons. The number of hydrogen-bond donors (Lipinski definition) is 0. The number of amides is 2. The molecule has 1 aliphatic rings. The van der Waals surface area contributed by atoms with Gasteiger partial charge in [-0.25, -0.2) is 0 Å². The number of benzene rings is 1. The number of nitrogens with zero attached hydrogens (tertiary/aromatic N) is 1. The zero-order valence-corrected chi connectivity index (χ0v) is 34.2. The molecule has 54 heavy (non-hydrogen) atoms. The molecule has 0 fully saturated rings. The number of halogens is 1. The average Bonchev–Trinajstić information content (AvgIpc) is 3.43. The van der Waals surface area contributed by atoms with Gasteiger partial charge in [-0.05, 0) is 29.4 Å². The molecule has 0 aliphatic carbocycles. The van der Waals surface area contributed by atoms with E-state index >= 15 is 0 Å². The lowest BCUT2D eigenvalue weighted by Gasteiger charge is -2.13. The number of rotatable bonds is 42. The molecule has 1 aromatic rings. The van der Waals surface area contributed by atoms with Crippen molar-refractivity contribution in [2.24, 2.45) is 0 Å². The lowest BCUT2D eigenvalue weighted by Crippen LogP contribution is -2.33. The van der Waals surface area contributed by atoms with Gasteiger partial charge in [-0.1, -0.05) is 47.6 Å². The largest absolute Gasteiger partial charge is 0.379 e. The third kappa shape index (κ3) is 26.5. The molecular formula is C38H64INO14. The first kappa shape index (κ1) is 48.8. The normalized spacial score (nSPS) is 12.7. The molecule has 1 aromatic carbocycles. The van der Waals surface area contributed by atoms with Gasteiger partial charge in [0.25, 0.3) is 11.8 Å². The molecule has 1 aliphatic heterocycles. The molecule has 0 N–H and O–H groups in total. The standard InChI is InChI=1S/C38H64INO14/c39-9-5-1-2-6-11-43-13-15-45-17-19-47-21-23-49-25-27-51-29-31-53-33-34-54-32-30-52-28-26-50-24-22-48-20-18-46-16-14-44-12-10-40-37(41)35-7-3-4-8-36(35)38(40)42/h3-4,7-8H,1-2,5-6,9-34H2. The summed E-state index contributed by atoms with van der Waals surface area (Å²) in [4.78, 5) is 25.8. The molecule has 1 heterocycles. The molecular weight excluding hydrogens is 821 g/mol. The highest BCUT2D eigenvalue weighted by atomic mass is 127. The maximum atomic E-state index is 12.3. The van der Waals surface area contributed by atoms with Crippen molar-refractivity contribution in [3.63, 3.8) is 0 Å². The number of ether oxygens (including phenoxy) is 12. The molecule has 312 valence electrons. The van der Waals surface area contributed by atoms with Crippen LogP contribution in [0, 0.1) is 0 Å². The van der Waals surface area contributed by atoms with Crippen molar-refractivity contribution in [3.05, 3.63) is 35.4 Å². The van der Waals surface area contributed by atoms with Gasteiger partial charge in [0, 0.05) is 6.61 Å². The van der Waals surface area contributed by atoms with Crippen molar-refractivity contribution >= 4 is 34.4 Å². The number of imide groups is 1. The minimum absolute atomic E-state index is 0.214. The Morgan fingerprint density at radius 2 is 0.611 bits per heavy atom. The summed E-state index contributed by atoms with van der Waals surface area (Å²) in [5, 5.41) is 0. The fourth-order valence-corrected chi connectivity index (χ4v) is 5.31. The monoisotopic (exact) mass is 885 g/mol. The van der Waals surface area contributed by atoms with Gasteiger partial charge >= 0.3 is 0 Å². The van der Waals surface area contributed by atoms with Crippen molar-refractivity contribution in [2.45, 2.75) is 25.7 Å². The van der Waals surface area contributed by atoms with Crippen LogP contribution in [0.5, 0.6) is 0 Å². The van der Waals surface area contributed by atoms with Crippen molar-refractivity contribution in [2.75, 3.05) is 170 Å². The van der Waals surface area contributed by atoms with E-state index in [0.717, 1.165) is 13.0 Å². The van der Waals surface area contributed by atoms with Gasteiger partial charge in [-0.2, -0.15) is 0 Å². The van der Waals surface area contributed by atoms with E-state index in [9.17, 15) is 9.59 Å². The summed E-state index contributed by atoms with van der Waals surface area (Å²) in [6.45, 7) is 12.2. The predicted molar refractivity (Wildman–Crippen MR) is 209 cm³/mol. The van der Waals surface area contributed by atoms with Crippen molar-refractivity contribution < 1.29 is 66.4 Å². The zero-order valence-electron chi connectivity index (χ0n) is 32.1. The van der Waals surface area contributed by atoms with Gasteiger partial charge < -0.3 is 56.8 Å². The minimum atomic E-state index is -0.278. The van der Waals surface area contributed by atoms with E-state index in [2.05, 4.69) is 22.6 Å². The second-order valence-electron chi connectivity index (χ2n) is 11.8. The number of alkyl halides is 1. The second-order valence-corrected chi connectivity index (χ2v) is 12.8. The lowest BCUT2D eigenvalue weighted by molar-refractivity contribution is -0.0284. The Bertz CT molecular complexity index is 991. The molecule has 0 spiro atoms. The summed E-state index contributed by atoms with van der Waals surface area (Å²) in [6.07, 6.45) is 4.95. The van der Waals surface area contributed by atoms with E-state index in [0.29, 0.717) is 156 Å². The first-order chi connectivity index (χ1) is 26.8. The van der Waals surface area contributed by atoms with E-state index in [1.54, 1.807) is 24.3 Å². The molecule has 0 unspecified atom stereocenters. The molecule has 0 aromatic heterocycles. The quantitative estimate of drug-likeness (QED) is 0.0409. The minimum Gasteiger partial charge on any atom is -0.379 e. The van der Waals surface area contributed by atoms with Crippen LogP contribution in [0.3, 0.4) is 0 Å². The second kappa shape index (κ2) is 37.2. The molecule has 2 rings (SSSR count). The highest BCUT2D eigenvalue weighted by Gasteiger charge is 2.34. The smallest absolute Gasteiger partial charge is 0.261 e. The summed E-state index contributed by atoms with van der Waals surface area (Å²) < 4.78 is 67.2. The van der Waals surface area contributed by atoms with E-state index in [1.807, 2.05) is 0 Å². The molecule has 2 amide bonds. The summed E-state index contributed by atoms with van der Waals surface area (Å²) in [5.41, 5.74) is 0.884. The van der Waals surface area contributed by atoms with Crippen LogP contribution < -0.4 is 0 Å². The number of unbranched alkanes of at least 4 members (excludes halogenated alkanes) is 3. The molecule has 0 saturated heterocycles. The van der Waals surface area contributed by atoms with E-state index in [1.165, 1.54) is 28.6 Å². The van der Waals surface area contributed by atoms with Gasteiger partial charge in [0.1, 0.15) is 0 Å². The number of hydrogen-bond acceptors (Lipinski definition) is 14. The Labute approximate surface area is 335 Å². The number of carbonyl (C=O) groups excluding carboxylic acids is 2. The fraction of sp³-hybridized carbons (Fsp3) is 0.789. The van der Waals surface area contributed by atoms with Crippen LogP contribution in [0.2, 0.25) is 0 Å². The van der Waals surface area contributed by atoms with Crippen LogP contribution in [0.25, 0.3) is 0 Å². The maximum absolute atomic E-state index is 12.3. The highest BCUT2D eigenvalue weighted by Crippen LogP contribution is 2.21. The van der Waals surface area contributed by atoms with E-state index in [4.69, 9.17) is 56.8 Å². The SMILES string of the molecule is O=C1c2ccccc2C(=O)N1CCOCCOCCOCCOCCOCCOCCOCCOCCOCCOCCOCCOCCCCCCI. The Kier molecular flexibility index (Phi) is 33.6. The predicted octanol–water partition coefficient (Wildman–Crippen LogP) is 3.48. The lowest BCUT2D eigenvalue weighted by atomic mass is 10.1. The van der Waals surface area contributed by atoms with Crippen LogP contribution in [-0.4, -0.2) is 186 Å². The summed E-state index contributed by atoms with van der Waals surface area (Å²) in [6, 6.07) is 6.82.